The molecule has 3 aromatic rings. The van der Waals surface area contributed by atoms with Crippen molar-refractivity contribution in [3.63, 3.8) is 0 Å². The first kappa shape index (κ1) is 28.8. The summed E-state index contributed by atoms with van der Waals surface area (Å²) in [6.45, 7) is 2.72. The van der Waals surface area contributed by atoms with E-state index in [0.717, 1.165) is 31.2 Å². The van der Waals surface area contributed by atoms with Crippen molar-refractivity contribution in [3.8, 4) is 5.69 Å². The van der Waals surface area contributed by atoms with Gasteiger partial charge in [0.2, 0.25) is 0 Å². The number of carbonyl (C=O) groups excluding carboxylic acids is 1. The summed E-state index contributed by atoms with van der Waals surface area (Å²) < 4.78 is 81.4. The van der Waals surface area contributed by atoms with E-state index in [4.69, 9.17) is 0 Å². The van der Waals surface area contributed by atoms with E-state index in [1.54, 1.807) is 35.3 Å². The highest BCUT2D eigenvalue weighted by Crippen LogP contribution is 2.48. The average molecular weight is 628 g/mol. The van der Waals surface area contributed by atoms with Crippen LogP contribution in [0.5, 0.6) is 0 Å². The monoisotopic (exact) mass is 627 g/mol. The molecule has 7 rings (SSSR count). The van der Waals surface area contributed by atoms with Crippen LogP contribution in [0.4, 0.5) is 17.6 Å². The third-order valence-corrected chi connectivity index (χ3v) is 11.9. The molecule has 2 saturated heterocycles. The summed E-state index contributed by atoms with van der Waals surface area (Å²) in [6, 6.07) is 7.35. The summed E-state index contributed by atoms with van der Waals surface area (Å²) in [7, 11) is -3.52. The number of hydrogen-bond donors (Lipinski definition) is 1. The number of carbonyl (C=O) groups is 1. The summed E-state index contributed by atoms with van der Waals surface area (Å²) in [4.78, 5) is 18.5. The molecular formula is C30H29F4N7O2S. The predicted octanol–water partition coefficient (Wildman–Crippen LogP) is 5.12. The number of hydrazone groups is 1. The zero-order chi connectivity index (χ0) is 31.1. The Morgan fingerprint density at radius 2 is 1.93 bits per heavy atom. The molecule has 9 nitrogen and oxygen atoms in total. The number of benzene rings is 1. The van der Waals surface area contributed by atoms with E-state index in [1.165, 1.54) is 16.4 Å². The SMILES string of the molecule is CC12CCCN1N=CC2S(=N)(=O)N1CCC2=Cc3c(cnn3-c3ccc(F)cc3)C[C@]2(C(=O)c2cc(C(F)(F)F)ccn2)C1. The number of halogens is 4. The second-order valence-electron chi connectivity index (χ2n) is 12.1. The van der Waals surface area contributed by atoms with Crippen molar-refractivity contribution < 1.29 is 26.6 Å². The fourth-order valence-corrected chi connectivity index (χ4v) is 9.39. The maximum Gasteiger partial charge on any atom is 0.416 e. The first-order valence-corrected chi connectivity index (χ1v) is 15.9. The van der Waals surface area contributed by atoms with Gasteiger partial charge in [-0.1, -0.05) is 5.57 Å². The molecule has 1 aliphatic carbocycles. The molecule has 1 N–H and O–H groups in total. The van der Waals surface area contributed by atoms with Gasteiger partial charge >= 0.3 is 6.18 Å². The van der Waals surface area contributed by atoms with Crippen molar-refractivity contribution in [2.24, 2.45) is 10.5 Å². The first-order chi connectivity index (χ1) is 20.8. The number of nitrogens with one attached hydrogen (secondary N) is 1. The van der Waals surface area contributed by atoms with Crippen LogP contribution < -0.4 is 0 Å². The lowest BCUT2D eigenvalue weighted by Crippen LogP contribution is -2.58. The van der Waals surface area contributed by atoms with E-state index in [-0.39, 0.29) is 31.6 Å². The van der Waals surface area contributed by atoms with E-state index >= 15 is 0 Å². The molecule has 1 aromatic carbocycles. The number of ketones is 1. The Hall–Kier alpha value is -3.91. The maximum atomic E-state index is 14.4. The highest BCUT2D eigenvalue weighted by atomic mass is 32.2. The molecule has 2 fully saturated rings. The molecule has 3 unspecified atom stereocenters. The summed E-state index contributed by atoms with van der Waals surface area (Å²) in [5.41, 5.74) is -0.818. The van der Waals surface area contributed by atoms with Crippen LogP contribution in [-0.2, 0) is 22.5 Å². The molecule has 44 heavy (non-hydrogen) atoms. The number of alkyl halides is 3. The van der Waals surface area contributed by atoms with E-state index in [2.05, 4.69) is 15.2 Å². The van der Waals surface area contributed by atoms with Gasteiger partial charge in [0, 0.05) is 32.0 Å². The van der Waals surface area contributed by atoms with E-state index < -0.39 is 49.5 Å². The highest BCUT2D eigenvalue weighted by molar-refractivity contribution is 7.91. The molecule has 14 heteroatoms. The van der Waals surface area contributed by atoms with Gasteiger partial charge in [-0.2, -0.15) is 23.4 Å². The van der Waals surface area contributed by atoms with Crippen molar-refractivity contribution in [1.29, 1.82) is 4.78 Å². The van der Waals surface area contributed by atoms with Gasteiger partial charge in [0.25, 0.3) is 0 Å². The molecule has 0 spiro atoms. The average Bonchev–Trinajstić information content (AvgIpc) is 3.67. The number of hydrogen-bond acceptors (Lipinski definition) is 7. The summed E-state index contributed by atoms with van der Waals surface area (Å²) in [5, 5.41) is 10.1. The minimum Gasteiger partial charge on any atom is -0.291 e. The third-order valence-electron chi connectivity index (χ3n) is 9.53. The summed E-state index contributed by atoms with van der Waals surface area (Å²) in [6.07, 6.45) is 3.14. The van der Waals surface area contributed by atoms with Crippen LogP contribution in [0, 0.1) is 16.0 Å². The van der Waals surface area contributed by atoms with Gasteiger partial charge in [-0.25, -0.2) is 22.4 Å². The Morgan fingerprint density at radius 1 is 1.16 bits per heavy atom. The fraction of sp³-hybridized carbons (Fsp3) is 0.400. The Kier molecular flexibility index (Phi) is 6.42. The Bertz CT molecular complexity index is 1840. The summed E-state index contributed by atoms with van der Waals surface area (Å²) >= 11 is 0. The van der Waals surface area contributed by atoms with Gasteiger partial charge in [-0.05, 0) is 80.6 Å². The Labute approximate surface area is 251 Å². The smallest absolute Gasteiger partial charge is 0.291 e. The van der Waals surface area contributed by atoms with Crippen LogP contribution in [-0.4, -0.2) is 70.7 Å². The number of Topliss-reactive ketones (excluding diaryl/α,β-unsaturated/α-hetero) is 1. The topological polar surface area (TPSA) is 108 Å². The van der Waals surface area contributed by atoms with Crippen LogP contribution in [0.2, 0.25) is 0 Å². The van der Waals surface area contributed by atoms with Gasteiger partial charge in [0.1, 0.15) is 26.7 Å². The van der Waals surface area contributed by atoms with E-state index in [1.807, 2.05) is 11.9 Å². The molecule has 3 aliphatic heterocycles. The molecule has 2 aromatic heterocycles. The third kappa shape index (κ3) is 4.32. The zero-order valence-electron chi connectivity index (χ0n) is 23.7. The molecule has 0 radical (unpaired) electrons. The van der Waals surface area contributed by atoms with Crippen LogP contribution in [0.1, 0.15) is 53.5 Å². The molecule has 0 bridgehead atoms. The maximum absolute atomic E-state index is 14.4. The lowest BCUT2D eigenvalue weighted by molar-refractivity contribution is -0.137. The second kappa shape index (κ2) is 9.80. The highest BCUT2D eigenvalue weighted by Gasteiger charge is 2.56. The molecule has 0 amide bonds. The Balaban J connectivity index is 1.32. The number of rotatable bonds is 5. The molecule has 0 saturated carbocycles. The van der Waals surface area contributed by atoms with Crippen LogP contribution in [0.25, 0.3) is 11.8 Å². The lowest BCUT2D eigenvalue weighted by atomic mass is 9.65. The molecule has 230 valence electrons. The minimum absolute atomic E-state index is 0.0558. The Morgan fingerprint density at radius 3 is 2.68 bits per heavy atom. The quantitative estimate of drug-likeness (QED) is 0.312. The first-order valence-electron chi connectivity index (χ1n) is 14.3. The van der Waals surface area contributed by atoms with Crippen LogP contribution in [0.3, 0.4) is 0 Å². The van der Waals surface area contributed by atoms with Crippen molar-refractivity contribution in [2.75, 3.05) is 19.6 Å². The number of fused-ring (bicyclic) bond motifs is 3. The number of aromatic nitrogens is 3. The van der Waals surface area contributed by atoms with Crippen molar-refractivity contribution >= 4 is 28.0 Å². The minimum atomic E-state index is -4.68. The molecular weight excluding hydrogens is 598 g/mol. The van der Waals surface area contributed by atoms with Crippen molar-refractivity contribution in [2.45, 2.75) is 49.6 Å². The van der Waals surface area contributed by atoms with E-state index in [0.29, 0.717) is 29.1 Å². The standard InChI is InChI=1S/C30H29F4N7O2S/c1-28-9-2-11-40(28)37-17-26(28)44(35,43)39-12-8-20-14-25-19(16-38-41(25)23-5-3-22(31)4-6-23)15-29(20,18-39)27(42)24-13-21(7-10-36-24)30(32,33)34/h3-7,10,13-14,16-17,26,35H,2,8-9,11-12,15,18H2,1H3/t26?,28?,29-,44?/m0/s1. The normalized spacial score (nSPS) is 27.8. The molecule has 4 aliphatic rings. The van der Waals surface area contributed by atoms with Gasteiger partial charge in [-0.3, -0.25) is 14.8 Å². The van der Waals surface area contributed by atoms with Crippen molar-refractivity contribution in [3.05, 3.63) is 82.7 Å². The number of piperidine rings is 1. The van der Waals surface area contributed by atoms with Gasteiger partial charge < -0.3 is 0 Å². The van der Waals surface area contributed by atoms with Gasteiger partial charge in [0.15, 0.2) is 5.78 Å². The second-order valence-corrected chi connectivity index (χ2v) is 14.2. The molecule has 4 atom stereocenters. The van der Waals surface area contributed by atoms with Crippen LogP contribution in [0.15, 0.2) is 59.5 Å². The molecule has 5 heterocycles. The number of nitrogens with zero attached hydrogens (tertiary/aromatic N) is 6. The predicted molar refractivity (Wildman–Crippen MR) is 155 cm³/mol. The van der Waals surface area contributed by atoms with Gasteiger partial charge in [-0.15, -0.1) is 0 Å². The zero-order valence-corrected chi connectivity index (χ0v) is 24.5. The lowest BCUT2D eigenvalue weighted by Gasteiger charge is -2.47. The van der Waals surface area contributed by atoms with Crippen LogP contribution >= 0.6 is 0 Å². The number of pyridine rings is 1. The largest absolute Gasteiger partial charge is 0.416 e. The fourth-order valence-electron chi connectivity index (χ4n) is 7.15. The summed E-state index contributed by atoms with van der Waals surface area (Å²) in [5.74, 6) is -1.04. The van der Waals surface area contributed by atoms with E-state index in [9.17, 15) is 31.3 Å². The van der Waals surface area contributed by atoms with Gasteiger partial charge in [0.05, 0.1) is 34.1 Å². The van der Waals surface area contributed by atoms with Crippen molar-refractivity contribution in [1.82, 2.24) is 24.1 Å².